The molecule has 1 heterocycles. The summed E-state index contributed by atoms with van der Waals surface area (Å²) in [5.74, 6) is -0.314. The average Bonchev–Trinajstić information content (AvgIpc) is 2.68. The molecular weight excluding hydrogens is 419 g/mol. The lowest BCUT2D eigenvalue weighted by molar-refractivity contribution is -0.126. The number of nitrogens with zero attached hydrogens (tertiary/aromatic N) is 1. The fourth-order valence-corrected chi connectivity index (χ4v) is 5.42. The van der Waals surface area contributed by atoms with Gasteiger partial charge < -0.3 is 5.32 Å². The van der Waals surface area contributed by atoms with Crippen molar-refractivity contribution in [2.45, 2.75) is 30.7 Å². The van der Waals surface area contributed by atoms with E-state index in [1.807, 2.05) is 6.92 Å². The number of sulfonamides is 1. The lowest BCUT2D eigenvalue weighted by atomic mass is 9.96. The van der Waals surface area contributed by atoms with Gasteiger partial charge in [0.1, 0.15) is 0 Å². The summed E-state index contributed by atoms with van der Waals surface area (Å²) in [5, 5.41) is 4.02. The van der Waals surface area contributed by atoms with Crippen LogP contribution < -0.4 is 5.32 Å². The maximum atomic E-state index is 12.7. The molecule has 2 aromatic carbocycles. The van der Waals surface area contributed by atoms with Crippen molar-refractivity contribution >= 4 is 39.1 Å². The van der Waals surface area contributed by atoms with Gasteiger partial charge in [-0.25, -0.2) is 8.42 Å². The summed E-state index contributed by atoms with van der Waals surface area (Å²) < 4.78 is 26.8. The van der Waals surface area contributed by atoms with Crippen LogP contribution in [-0.2, 0) is 14.8 Å². The second kappa shape index (κ2) is 8.82. The summed E-state index contributed by atoms with van der Waals surface area (Å²) in [5.41, 5.74) is 0.795. The summed E-state index contributed by atoms with van der Waals surface area (Å²) in [6.45, 7) is 2.51. The molecule has 0 radical (unpaired) electrons. The van der Waals surface area contributed by atoms with Crippen molar-refractivity contribution in [3.63, 3.8) is 0 Å². The lowest BCUT2D eigenvalue weighted by Gasteiger charge is -2.31. The van der Waals surface area contributed by atoms with Gasteiger partial charge in [0.05, 0.1) is 10.9 Å². The fourth-order valence-electron chi connectivity index (χ4n) is 3.36. The van der Waals surface area contributed by atoms with Crippen molar-refractivity contribution in [3.05, 3.63) is 64.1 Å². The van der Waals surface area contributed by atoms with Crippen molar-refractivity contribution in [1.29, 1.82) is 0 Å². The third-order valence-electron chi connectivity index (χ3n) is 4.99. The highest BCUT2D eigenvalue weighted by atomic mass is 35.5. The molecule has 1 fully saturated rings. The Hall–Kier alpha value is -1.60. The summed E-state index contributed by atoms with van der Waals surface area (Å²) in [6, 6.07) is 13.3. The Morgan fingerprint density at radius 2 is 1.75 bits per heavy atom. The first-order chi connectivity index (χ1) is 13.3. The largest absolute Gasteiger partial charge is 0.349 e. The molecule has 0 aromatic heterocycles. The van der Waals surface area contributed by atoms with Crippen molar-refractivity contribution in [2.75, 3.05) is 13.1 Å². The van der Waals surface area contributed by atoms with E-state index in [1.165, 1.54) is 4.31 Å². The van der Waals surface area contributed by atoms with E-state index in [4.69, 9.17) is 23.2 Å². The highest BCUT2D eigenvalue weighted by molar-refractivity contribution is 7.89. The van der Waals surface area contributed by atoms with Gasteiger partial charge in [-0.05, 0) is 49.6 Å². The molecule has 0 saturated carbocycles. The van der Waals surface area contributed by atoms with E-state index < -0.39 is 10.0 Å². The molecule has 1 aliphatic rings. The van der Waals surface area contributed by atoms with E-state index in [0.29, 0.717) is 36.0 Å². The number of hydrogen-bond acceptors (Lipinski definition) is 3. The summed E-state index contributed by atoms with van der Waals surface area (Å²) in [6.07, 6.45) is 0.970. The molecule has 28 heavy (non-hydrogen) atoms. The molecule has 2 aromatic rings. The Morgan fingerprint density at radius 1 is 1.11 bits per heavy atom. The van der Waals surface area contributed by atoms with Crippen LogP contribution in [0.3, 0.4) is 0 Å². The molecule has 1 N–H and O–H groups in total. The molecule has 0 aliphatic carbocycles. The maximum Gasteiger partial charge on any atom is 0.243 e. The van der Waals surface area contributed by atoms with Gasteiger partial charge in [-0.2, -0.15) is 4.31 Å². The SMILES string of the molecule is CC(NC(=O)C1CCN(S(=O)(=O)c2ccccc2)CC1)c1ccc(Cl)cc1Cl. The Kier molecular flexibility index (Phi) is 6.65. The van der Waals surface area contributed by atoms with E-state index in [-0.39, 0.29) is 22.8 Å². The zero-order chi connectivity index (χ0) is 20.3. The average molecular weight is 441 g/mol. The summed E-state index contributed by atoms with van der Waals surface area (Å²) in [7, 11) is -3.52. The van der Waals surface area contributed by atoms with E-state index in [9.17, 15) is 13.2 Å². The van der Waals surface area contributed by atoms with Crippen LogP contribution in [0.15, 0.2) is 53.4 Å². The Balaban J connectivity index is 1.59. The first-order valence-corrected chi connectivity index (χ1v) is 11.3. The van der Waals surface area contributed by atoms with Crippen LogP contribution in [0, 0.1) is 5.92 Å². The normalized spacial score (nSPS) is 17.2. The van der Waals surface area contributed by atoms with Crippen molar-refractivity contribution < 1.29 is 13.2 Å². The van der Waals surface area contributed by atoms with Gasteiger partial charge in [-0.3, -0.25) is 4.79 Å². The number of nitrogens with one attached hydrogen (secondary N) is 1. The van der Waals surface area contributed by atoms with Gasteiger partial charge in [-0.1, -0.05) is 47.5 Å². The topological polar surface area (TPSA) is 66.5 Å². The van der Waals surface area contributed by atoms with Crippen LogP contribution in [0.5, 0.6) is 0 Å². The molecule has 0 bridgehead atoms. The monoisotopic (exact) mass is 440 g/mol. The summed E-state index contributed by atoms with van der Waals surface area (Å²) >= 11 is 12.1. The number of amides is 1. The summed E-state index contributed by atoms with van der Waals surface area (Å²) in [4.78, 5) is 12.9. The predicted octanol–water partition coefficient (Wildman–Crippen LogP) is 4.27. The fraction of sp³-hybridized carbons (Fsp3) is 0.350. The third-order valence-corrected chi connectivity index (χ3v) is 7.47. The smallest absolute Gasteiger partial charge is 0.243 e. The molecule has 150 valence electrons. The van der Waals surface area contributed by atoms with Gasteiger partial charge >= 0.3 is 0 Å². The van der Waals surface area contributed by atoms with Crippen LogP contribution in [0.25, 0.3) is 0 Å². The minimum atomic E-state index is -3.52. The van der Waals surface area contributed by atoms with Crippen molar-refractivity contribution in [1.82, 2.24) is 9.62 Å². The number of hydrogen-bond donors (Lipinski definition) is 1. The number of rotatable bonds is 5. The van der Waals surface area contributed by atoms with E-state index in [1.54, 1.807) is 48.5 Å². The highest BCUT2D eigenvalue weighted by Gasteiger charge is 2.32. The van der Waals surface area contributed by atoms with Gasteiger partial charge in [0.15, 0.2) is 0 Å². The van der Waals surface area contributed by atoms with Crippen LogP contribution in [0.4, 0.5) is 0 Å². The quantitative estimate of drug-likeness (QED) is 0.754. The van der Waals surface area contributed by atoms with Crippen LogP contribution in [0.1, 0.15) is 31.4 Å². The standard InChI is InChI=1S/C20H22Cl2N2O3S/c1-14(18-8-7-16(21)13-19(18)22)23-20(25)15-9-11-24(12-10-15)28(26,27)17-5-3-2-4-6-17/h2-8,13-15H,9-12H2,1H3,(H,23,25). The van der Waals surface area contributed by atoms with E-state index in [0.717, 1.165) is 5.56 Å². The van der Waals surface area contributed by atoms with Gasteiger partial charge in [0.2, 0.25) is 15.9 Å². The first kappa shape index (κ1) is 21.1. The number of piperidine rings is 1. The van der Waals surface area contributed by atoms with Crippen molar-refractivity contribution in [2.24, 2.45) is 5.92 Å². The molecule has 1 saturated heterocycles. The molecule has 1 atom stereocenters. The Bertz CT molecular complexity index is 943. The van der Waals surface area contributed by atoms with Gasteiger partial charge in [0.25, 0.3) is 0 Å². The lowest BCUT2D eigenvalue weighted by Crippen LogP contribution is -2.43. The van der Waals surface area contributed by atoms with Crippen LogP contribution in [-0.4, -0.2) is 31.7 Å². The minimum Gasteiger partial charge on any atom is -0.349 e. The zero-order valence-electron chi connectivity index (χ0n) is 15.4. The van der Waals surface area contributed by atoms with Crippen molar-refractivity contribution in [3.8, 4) is 0 Å². The molecular formula is C20H22Cl2N2O3S. The van der Waals surface area contributed by atoms with Crippen LogP contribution in [0.2, 0.25) is 10.0 Å². The van der Waals surface area contributed by atoms with Gasteiger partial charge in [-0.15, -0.1) is 0 Å². The molecule has 8 heteroatoms. The minimum absolute atomic E-state index is 0.0877. The molecule has 5 nitrogen and oxygen atoms in total. The Morgan fingerprint density at radius 3 is 2.36 bits per heavy atom. The highest BCUT2D eigenvalue weighted by Crippen LogP contribution is 2.28. The number of carbonyl (C=O) groups is 1. The van der Waals surface area contributed by atoms with Gasteiger partial charge in [0, 0.05) is 29.1 Å². The predicted molar refractivity (Wildman–Crippen MR) is 111 cm³/mol. The zero-order valence-corrected chi connectivity index (χ0v) is 17.8. The first-order valence-electron chi connectivity index (χ1n) is 9.09. The maximum absolute atomic E-state index is 12.7. The van der Waals surface area contributed by atoms with E-state index in [2.05, 4.69) is 5.32 Å². The molecule has 1 aliphatic heterocycles. The molecule has 1 amide bonds. The third kappa shape index (κ3) is 4.69. The van der Waals surface area contributed by atoms with E-state index >= 15 is 0 Å². The Labute approximate surface area is 175 Å². The molecule has 1 unspecified atom stereocenters. The van der Waals surface area contributed by atoms with Crippen LogP contribution >= 0.6 is 23.2 Å². The number of carbonyl (C=O) groups excluding carboxylic acids is 1. The molecule has 0 spiro atoms. The second-order valence-corrected chi connectivity index (χ2v) is 9.67. The second-order valence-electron chi connectivity index (χ2n) is 6.89. The number of benzene rings is 2. The number of halogens is 2. The molecule has 3 rings (SSSR count).